The monoisotopic (exact) mass is 364 g/mol. The fourth-order valence-electron chi connectivity index (χ4n) is 3.16. The number of halogens is 1. The molecule has 0 heterocycles. The first-order chi connectivity index (χ1) is 11.9. The van der Waals surface area contributed by atoms with Gasteiger partial charge >= 0.3 is 5.97 Å². The summed E-state index contributed by atoms with van der Waals surface area (Å²) in [6.45, 7) is 8.99. The van der Waals surface area contributed by atoms with Crippen molar-refractivity contribution in [2.75, 3.05) is 19.6 Å². The maximum atomic E-state index is 11.9. The van der Waals surface area contributed by atoms with Crippen LogP contribution in [0.2, 0.25) is 5.02 Å². The molecule has 25 heavy (non-hydrogen) atoms. The van der Waals surface area contributed by atoms with Crippen molar-refractivity contribution in [3.63, 3.8) is 0 Å². The Hall–Kier alpha value is -1.57. The normalized spacial score (nSPS) is 13.4. The predicted molar refractivity (Wildman–Crippen MR) is 102 cm³/mol. The summed E-state index contributed by atoms with van der Waals surface area (Å²) in [4.78, 5) is 14.2. The second-order valence-electron chi connectivity index (χ2n) is 6.67. The molecule has 5 heteroatoms. The van der Waals surface area contributed by atoms with E-state index in [-0.39, 0.29) is 6.42 Å². The van der Waals surface area contributed by atoms with E-state index in [2.05, 4.69) is 24.8 Å². The molecule has 0 aliphatic heterocycles. The molecular weight excluding hydrogens is 336 g/mol. The van der Waals surface area contributed by atoms with Crippen molar-refractivity contribution < 1.29 is 9.90 Å². The lowest BCUT2D eigenvalue weighted by atomic mass is 9.78. The highest BCUT2D eigenvalue weighted by Gasteiger charge is 2.39. The smallest absolute Gasteiger partial charge is 0.324 e. The van der Waals surface area contributed by atoms with Gasteiger partial charge in [-0.2, -0.15) is 5.26 Å². The number of carbonyl (C=O) groups is 1. The number of hydrogen-bond acceptors (Lipinski definition) is 3. The summed E-state index contributed by atoms with van der Waals surface area (Å²) in [6.07, 6.45) is 3.29. The van der Waals surface area contributed by atoms with Gasteiger partial charge in [0.2, 0.25) is 0 Å². The van der Waals surface area contributed by atoms with Gasteiger partial charge in [0, 0.05) is 11.4 Å². The van der Waals surface area contributed by atoms with Gasteiger partial charge in [-0.05, 0) is 63.4 Å². The van der Waals surface area contributed by atoms with Gasteiger partial charge in [0.25, 0.3) is 0 Å². The first-order valence-corrected chi connectivity index (χ1v) is 9.39. The standard InChI is InChI=1S/C20H29ClN2O2/c1-4-11-23(12-5-2)13-7-10-20(15-22,19(24)25)14-17-9-6-8-16(3)18(17)21/h6,8-9H,4-5,7,10-14H2,1-3H3,(H,24,25). The Bertz CT molecular complexity index is 606. The van der Waals surface area contributed by atoms with Crippen molar-refractivity contribution in [3.8, 4) is 6.07 Å². The summed E-state index contributed by atoms with van der Waals surface area (Å²) in [6, 6.07) is 7.62. The molecule has 0 fully saturated rings. The molecule has 0 bridgehead atoms. The van der Waals surface area contributed by atoms with Gasteiger partial charge in [0.1, 0.15) is 0 Å². The fourth-order valence-corrected chi connectivity index (χ4v) is 3.35. The number of carboxylic acid groups (broad SMARTS) is 1. The summed E-state index contributed by atoms with van der Waals surface area (Å²) >= 11 is 6.32. The van der Waals surface area contributed by atoms with Crippen molar-refractivity contribution in [3.05, 3.63) is 34.3 Å². The minimum absolute atomic E-state index is 0.140. The van der Waals surface area contributed by atoms with Crippen molar-refractivity contribution in [1.29, 1.82) is 5.26 Å². The van der Waals surface area contributed by atoms with Crippen LogP contribution in [0, 0.1) is 23.7 Å². The zero-order valence-corrected chi connectivity index (χ0v) is 16.3. The molecule has 1 aromatic carbocycles. The highest BCUT2D eigenvalue weighted by Crippen LogP contribution is 2.32. The minimum atomic E-state index is -1.43. The highest BCUT2D eigenvalue weighted by atomic mass is 35.5. The van der Waals surface area contributed by atoms with Crippen LogP contribution in [0.4, 0.5) is 0 Å². The van der Waals surface area contributed by atoms with Crippen LogP contribution >= 0.6 is 11.6 Å². The van der Waals surface area contributed by atoms with Gasteiger partial charge in [-0.1, -0.05) is 43.6 Å². The molecule has 1 unspecified atom stereocenters. The fraction of sp³-hybridized carbons (Fsp3) is 0.600. The molecule has 4 nitrogen and oxygen atoms in total. The van der Waals surface area contributed by atoms with Crippen LogP contribution in [-0.2, 0) is 11.2 Å². The Morgan fingerprint density at radius 1 is 1.28 bits per heavy atom. The number of hydrogen-bond donors (Lipinski definition) is 1. The van der Waals surface area contributed by atoms with E-state index in [0.717, 1.165) is 43.6 Å². The molecule has 0 saturated carbocycles. The van der Waals surface area contributed by atoms with E-state index in [1.54, 1.807) is 0 Å². The molecular formula is C20H29ClN2O2. The molecule has 0 aliphatic rings. The third kappa shape index (κ3) is 6.02. The zero-order valence-electron chi connectivity index (χ0n) is 15.5. The molecule has 0 aliphatic carbocycles. The van der Waals surface area contributed by atoms with E-state index in [1.165, 1.54) is 0 Å². The van der Waals surface area contributed by atoms with Gasteiger partial charge in [-0.3, -0.25) is 4.79 Å². The summed E-state index contributed by atoms with van der Waals surface area (Å²) in [5.74, 6) is -1.06. The Morgan fingerprint density at radius 3 is 2.44 bits per heavy atom. The van der Waals surface area contributed by atoms with E-state index in [4.69, 9.17) is 11.6 Å². The van der Waals surface area contributed by atoms with Crippen LogP contribution in [0.5, 0.6) is 0 Å². The number of rotatable bonds is 11. The molecule has 0 radical (unpaired) electrons. The van der Waals surface area contributed by atoms with Gasteiger partial charge in [0.05, 0.1) is 6.07 Å². The van der Waals surface area contributed by atoms with Crippen LogP contribution in [-0.4, -0.2) is 35.6 Å². The summed E-state index contributed by atoms with van der Waals surface area (Å²) < 4.78 is 0. The molecule has 1 rings (SSSR count). The Morgan fingerprint density at radius 2 is 1.92 bits per heavy atom. The lowest BCUT2D eigenvalue weighted by Gasteiger charge is -2.25. The summed E-state index contributed by atoms with van der Waals surface area (Å²) in [5, 5.41) is 19.9. The number of benzene rings is 1. The van der Waals surface area contributed by atoms with Crippen molar-refractivity contribution in [2.45, 2.75) is 52.9 Å². The highest BCUT2D eigenvalue weighted by molar-refractivity contribution is 6.32. The average molecular weight is 365 g/mol. The van der Waals surface area contributed by atoms with E-state index in [1.807, 2.05) is 25.1 Å². The van der Waals surface area contributed by atoms with E-state index < -0.39 is 11.4 Å². The number of nitrogens with zero attached hydrogens (tertiary/aromatic N) is 2. The van der Waals surface area contributed by atoms with Crippen molar-refractivity contribution in [1.82, 2.24) is 4.90 Å². The molecule has 0 aromatic heterocycles. The second-order valence-corrected chi connectivity index (χ2v) is 7.05. The van der Waals surface area contributed by atoms with Crippen LogP contribution in [0.25, 0.3) is 0 Å². The van der Waals surface area contributed by atoms with Gasteiger partial charge in [-0.25, -0.2) is 0 Å². The Kier molecular flexibility index (Phi) is 8.96. The maximum absolute atomic E-state index is 11.9. The molecule has 1 N–H and O–H groups in total. The number of carboxylic acids is 1. The molecule has 0 saturated heterocycles. The first-order valence-electron chi connectivity index (χ1n) is 9.01. The topological polar surface area (TPSA) is 64.3 Å². The molecule has 1 atom stereocenters. The summed E-state index contributed by atoms with van der Waals surface area (Å²) in [7, 11) is 0. The van der Waals surface area contributed by atoms with Crippen LogP contribution in [0.1, 0.15) is 50.7 Å². The minimum Gasteiger partial charge on any atom is -0.480 e. The molecule has 138 valence electrons. The lowest BCUT2D eigenvalue weighted by Crippen LogP contribution is -2.34. The Balaban J connectivity index is 2.87. The van der Waals surface area contributed by atoms with Crippen LogP contribution in [0.15, 0.2) is 18.2 Å². The third-order valence-corrected chi connectivity index (χ3v) is 5.09. The second kappa shape index (κ2) is 10.4. The van der Waals surface area contributed by atoms with E-state index in [0.29, 0.717) is 17.9 Å². The largest absolute Gasteiger partial charge is 0.480 e. The molecule has 1 aromatic rings. The van der Waals surface area contributed by atoms with Crippen LogP contribution in [0.3, 0.4) is 0 Å². The number of aliphatic carboxylic acids is 1. The van der Waals surface area contributed by atoms with Gasteiger partial charge < -0.3 is 10.0 Å². The average Bonchev–Trinajstić information content (AvgIpc) is 2.58. The van der Waals surface area contributed by atoms with E-state index >= 15 is 0 Å². The van der Waals surface area contributed by atoms with Crippen LogP contribution < -0.4 is 0 Å². The van der Waals surface area contributed by atoms with Crippen molar-refractivity contribution >= 4 is 17.6 Å². The maximum Gasteiger partial charge on any atom is 0.324 e. The number of nitriles is 1. The SMILES string of the molecule is CCCN(CCC)CCCC(C#N)(Cc1cccc(C)c1Cl)C(=O)O. The summed E-state index contributed by atoms with van der Waals surface area (Å²) in [5.41, 5.74) is 0.194. The first kappa shape index (κ1) is 21.5. The van der Waals surface area contributed by atoms with E-state index in [9.17, 15) is 15.2 Å². The lowest BCUT2D eigenvalue weighted by molar-refractivity contribution is -0.146. The Labute approximate surface area is 156 Å². The predicted octanol–water partition coefficient (Wildman–Crippen LogP) is 4.69. The van der Waals surface area contributed by atoms with Gasteiger partial charge in [0.15, 0.2) is 5.41 Å². The molecule has 0 amide bonds. The number of aryl methyl sites for hydroxylation is 1. The quantitative estimate of drug-likeness (QED) is 0.618. The van der Waals surface area contributed by atoms with Crippen molar-refractivity contribution in [2.24, 2.45) is 5.41 Å². The zero-order chi connectivity index (χ0) is 18.9. The van der Waals surface area contributed by atoms with Gasteiger partial charge in [-0.15, -0.1) is 0 Å². The molecule has 0 spiro atoms. The third-order valence-electron chi connectivity index (χ3n) is 4.54.